The van der Waals surface area contributed by atoms with Gasteiger partial charge in [-0.2, -0.15) is 0 Å². The molecule has 0 aliphatic rings. The number of amides is 3. The molecule has 1 aromatic heterocycles. The van der Waals surface area contributed by atoms with Crippen LogP contribution in [0.4, 0.5) is 11.4 Å². The van der Waals surface area contributed by atoms with Crippen LogP contribution in [0, 0.1) is 0 Å². The fourth-order valence-corrected chi connectivity index (χ4v) is 6.06. The maximum atomic E-state index is 13.6. The summed E-state index contributed by atoms with van der Waals surface area (Å²) in [4.78, 5) is 41.1. The number of ether oxygens (including phenoxy) is 1. The Kier molecular flexibility index (Phi) is 10.9. The van der Waals surface area contributed by atoms with Crippen LogP contribution < -0.4 is 20.7 Å². The second-order valence-electron chi connectivity index (χ2n) is 11.1. The van der Waals surface area contributed by atoms with Gasteiger partial charge in [0.25, 0.3) is 11.8 Å². The van der Waals surface area contributed by atoms with Crippen molar-refractivity contribution in [3.8, 4) is 17.1 Å². The summed E-state index contributed by atoms with van der Waals surface area (Å²) in [5.74, 6) is 0.505. The van der Waals surface area contributed by atoms with Crippen molar-refractivity contribution in [1.29, 1.82) is 0 Å². The van der Waals surface area contributed by atoms with Gasteiger partial charge in [0.1, 0.15) is 28.2 Å². The summed E-state index contributed by atoms with van der Waals surface area (Å²) in [5.41, 5.74) is 3.26. The third kappa shape index (κ3) is 8.77. The van der Waals surface area contributed by atoms with E-state index < -0.39 is 17.1 Å². The van der Waals surface area contributed by atoms with Crippen LogP contribution in [0.1, 0.15) is 26.9 Å². The van der Waals surface area contributed by atoms with Gasteiger partial charge in [-0.1, -0.05) is 84.9 Å². The van der Waals surface area contributed by atoms with Gasteiger partial charge in [-0.15, -0.1) is 11.8 Å². The van der Waals surface area contributed by atoms with Crippen molar-refractivity contribution in [3.63, 3.8) is 0 Å². The summed E-state index contributed by atoms with van der Waals surface area (Å²) in [6.07, 6.45) is 1.50. The van der Waals surface area contributed by atoms with E-state index in [1.807, 2.05) is 103 Å². The topological polar surface area (TPSA) is 110 Å². The Balaban J connectivity index is 1.19. The van der Waals surface area contributed by atoms with Crippen LogP contribution in [0.15, 0.2) is 167 Å². The van der Waals surface area contributed by atoms with E-state index in [1.54, 1.807) is 55.6 Å². The van der Waals surface area contributed by atoms with E-state index in [9.17, 15) is 14.4 Å². The number of hydrogen-bond acceptors (Lipinski definition) is 6. The highest BCUT2D eigenvalue weighted by Gasteiger charge is 2.23. The number of anilines is 2. The maximum absolute atomic E-state index is 13.6. The Labute approximate surface area is 294 Å². The summed E-state index contributed by atoms with van der Waals surface area (Å²) in [7, 11) is 1.58. The zero-order valence-corrected chi connectivity index (χ0v) is 27.9. The third-order valence-electron chi connectivity index (χ3n) is 7.54. The van der Waals surface area contributed by atoms with E-state index in [2.05, 4.69) is 16.0 Å². The first-order valence-electron chi connectivity index (χ1n) is 15.8. The maximum Gasteiger partial charge on any atom is 0.272 e. The van der Waals surface area contributed by atoms with Crippen molar-refractivity contribution < 1.29 is 23.5 Å². The highest BCUT2D eigenvalue weighted by molar-refractivity contribution is 8.00. The molecule has 0 fully saturated rings. The molecule has 0 radical (unpaired) electrons. The molecule has 8 nitrogen and oxygen atoms in total. The van der Waals surface area contributed by atoms with Gasteiger partial charge in [-0.25, -0.2) is 0 Å². The zero-order chi connectivity index (χ0) is 34.7. The zero-order valence-electron chi connectivity index (χ0n) is 27.0. The van der Waals surface area contributed by atoms with Crippen LogP contribution in [-0.4, -0.2) is 24.8 Å². The van der Waals surface area contributed by atoms with E-state index in [-0.39, 0.29) is 11.6 Å². The Morgan fingerprint density at radius 2 is 1.38 bits per heavy atom. The molecule has 248 valence electrons. The average molecular weight is 680 g/mol. The molecular formula is C41H33N3O5S. The molecule has 1 atom stereocenters. The Bertz CT molecular complexity index is 2100. The predicted octanol–water partition coefficient (Wildman–Crippen LogP) is 8.84. The largest absolute Gasteiger partial charge is 0.497 e. The number of rotatable bonds is 12. The van der Waals surface area contributed by atoms with E-state index in [1.165, 1.54) is 17.8 Å². The third-order valence-corrected chi connectivity index (χ3v) is 8.81. The molecule has 9 heteroatoms. The van der Waals surface area contributed by atoms with Crippen molar-refractivity contribution in [3.05, 3.63) is 174 Å². The van der Waals surface area contributed by atoms with Crippen LogP contribution in [0.5, 0.6) is 5.75 Å². The first kappa shape index (κ1) is 33.6. The SMILES string of the molecule is COc1cccc(NC(=O)C(Sc2ccc(NC(=O)C(=Cc3ccc(-c4ccccc4)o3)NC(=O)c3ccccc3)cc2)c2ccccc2)c1. The first-order chi connectivity index (χ1) is 24.4. The van der Waals surface area contributed by atoms with E-state index in [0.717, 1.165) is 16.0 Å². The van der Waals surface area contributed by atoms with Crippen LogP contribution in [0.2, 0.25) is 0 Å². The highest BCUT2D eigenvalue weighted by atomic mass is 32.2. The fourth-order valence-electron chi connectivity index (χ4n) is 5.03. The lowest BCUT2D eigenvalue weighted by Crippen LogP contribution is -2.30. The minimum atomic E-state index is -0.556. The van der Waals surface area contributed by atoms with E-state index in [0.29, 0.717) is 34.2 Å². The number of carbonyl (C=O) groups is 3. The lowest BCUT2D eigenvalue weighted by Gasteiger charge is -2.18. The molecule has 0 aliphatic carbocycles. The summed E-state index contributed by atoms with van der Waals surface area (Å²) in [6, 6.07) is 45.7. The predicted molar refractivity (Wildman–Crippen MR) is 198 cm³/mol. The summed E-state index contributed by atoms with van der Waals surface area (Å²) < 4.78 is 11.3. The Morgan fingerprint density at radius 3 is 2.08 bits per heavy atom. The second-order valence-corrected chi connectivity index (χ2v) is 12.2. The standard InChI is InChI=1S/C41H33N3O5S/c1-48-33-19-11-18-32(26-33)43-41(47)38(29-14-7-3-8-15-29)50-35-23-20-31(21-24-35)42-40(46)36(44-39(45)30-16-9-4-10-17-30)27-34-22-25-37(49-34)28-12-5-2-6-13-28/h2-27,38H,1H3,(H,42,46)(H,43,47)(H,44,45). The minimum absolute atomic E-state index is 0.00428. The van der Waals surface area contributed by atoms with Gasteiger partial charge in [-0.3, -0.25) is 14.4 Å². The minimum Gasteiger partial charge on any atom is -0.497 e. The fraction of sp³-hybridized carbons (Fsp3) is 0.0488. The number of methoxy groups -OCH3 is 1. The highest BCUT2D eigenvalue weighted by Crippen LogP contribution is 2.37. The Morgan fingerprint density at radius 1 is 0.700 bits per heavy atom. The number of carbonyl (C=O) groups excluding carboxylic acids is 3. The number of hydrogen-bond donors (Lipinski definition) is 3. The molecule has 0 bridgehead atoms. The van der Waals surface area contributed by atoms with Crippen molar-refractivity contribution >= 4 is 46.9 Å². The van der Waals surface area contributed by atoms with Gasteiger partial charge in [-0.05, 0) is 66.2 Å². The number of nitrogens with one attached hydrogen (secondary N) is 3. The molecular weight excluding hydrogens is 647 g/mol. The average Bonchev–Trinajstić information content (AvgIpc) is 3.64. The summed E-state index contributed by atoms with van der Waals surface area (Å²) >= 11 is 1.38. The van der Waals surface area contributed by atoms with Crippen molar-refractivity contribution in [1.82, 2.24) is 5.32 Å². The van der Waals surface area contributed by atoms with Crippen LogP contribution in [-0.2, 0) is 9.59 Å². The van der Waals surface area contributed by atoms with Gasteiger partial charge in [0.15, 0.2) is 0 Å². The molecule has 3 amide bonds. The molecule has 6 aromatic rings. The Hall–Kier alpha value is -6.32. The molecule has 50 heavy (non-hydrogen) atoms. The molecule has 0 saturated carbocycles. The van der Waals surface area contributed by atoms with E-state index >= 15 is 0 Å². The molecule has 0 spiro atoms. The van der Waals surface area contributed by atoms with Gasteiger partial charge in [0.2, 0.25) is 5.91 Å². The molecule has 0 aliphatic heterocycles. The van der Waals surface area contributed by atoms with Crippen LogP contribution in [0.3, 0.4) is 0 Å². The lowest BCUT2D eigenvalue weighted by molar-refractivity contribution is -0.116. The van der Waals surface area contributed by atoms with Gasteiger partial charge < -0.3 is 25.1 Å². The molecule has 0 saturated heterocycles. The molecule has 1 heterocycles. The number of benzene rings is 5. The number of thioether (sulfide) groups is 1. The van der Waals surface area contributed by atoms with Crippen molar-refractivity contribution in [2.75, 3.05) is 17.7 Å². The summed E-state index contributed by atoms with van der Waals surface area (Å²) in [5, 5.41) is 8.05. The lowest BCUT2D eigenvalue weighted by atomic mass is 10.1. The normalized spacial score (nSPS) is 11.7. The number of furan rings is 1. The smallest absolute Gasteiger partial charge is 0.272 e. The van der Waals surface area contributed by atoms with Gasteiger partial charge >= 0.3 is 0 Å². The molecule has 1 unspecified atom stereocenters. The monoisotopic (exact) mass is 679 g/mol. The first-order valence-corrected chi connectivity index (χ1v) is 16.6. The summed E-state index contributed by atoms with van der Waals surface area (Å²) in [6.45, 7) is 0. The quantitative estimate of drug-likeness (QED) is 0.0881. The van der Waals surface area contributed by atoms with Crippen LogP contribution in [0.25, 0.3) is 17.4 Å². The van der Waals surface area contributed by atoms with Gasteiger partial charge in [0.05, 0.1) is 7.11 Å². The van der Waals surface area contributed by atoms with Crippen molar-refractivity contribution in [2.45, 2.75) is 10.1 Å². The second kappa shape index (κ2) is 16.2. The van der Waals surface area contributed by atoms with E-state index in [4.69, 9.17) is 9.15 Å². The van der Waals surface area contributed by atoms with Crippen LogP contribution >= 0.6 is 11.8 Å². The molecule has 6 rings (SSSR count). The molecule has 5 aromatic carbocycles. The van der Waals surface area contributed by atoms with Crippen molar-refractivity contribution in [2.24, 2.45) is 0 Å². The van der Waals surface area contributed by atoms with Gasteiger partial charge in [0, 0.05) is 39.5 Å². The molecule has 3 N–H and O–H groups in total.